The van der Waals surface area contributed by atoms with Gasteiger partial charge >= 0.3 is 0 Å². The first-order valence-corrected chi connectivity index (χ1v) is 15.0. The van der Waals surface area contributed by atoms with E-state index in [1.54, 1.807) is 65.6 Å². The molecule has 0 amide bonds. The Morgan fingerprint density at radius 3 is 1.81 bits per heavy atom. The van der Waals surface area contributed by atoms with Gasteiger partial charge in [-0.15, -0.1) is 0 Å². The molecule has 0 radical (unpaired) electrons. The molecule has 11 heteroatoms. The van der Waals surface area contributed by atoms with Gasteiger partial charge < -0.3 is 4.90 Å². The van der Waals surface area contributed by atoms with Gasteiger partial charge in [-0.3, -0.25) is 0 Å². The summed E-state index contributed by atoms with van der Waals surface area (Å²) in [7, 11) is -7.50. The molecule has 4 aromatic rings. The number of piperidine rings is 1. The van der Waals surface area contributed by atoms with Crippen LogP contribution in [0.4, 0.5) is 17.3 Å². The maximum absolute atomic E-state index is 13.6. The minimum Gasteiger partial charge on any atom is -0.304 e. The van der Waals surface area contributed by atoms with Crippen molar-refractivity contribution in [1.29, 1.82) is 0 Å². The van der Waals surface area contributed by atoms with Crippen molar-refractivity contribution in [2.45, 2.75) is 29.1 Å². The number of rotatable bonds is 5. The number of hydrogen-bond donors (Lipinski definition) is 0. The van der Waals surface area contributed by atoms with E-state index in [4.69, 9.17) is 4.98 Å². The predicted molar refractivity (Wildman–Crippen MR) is 142 cm³/mol. The lowest BCUT2D eigenvalue weighted by molar-refractivity contribution is 0.346. The van der Waals surface area contributed by atoms with Crippen molar-refractivity contribution in [2.75, 3.05) is 29.0 Å². The number of benzene rings is 3. The minimum absolute atomic E-state index is 0.0406. The maximum atomic E-state index is 13.6. The third-order valence-electron chi connectivity index (χ3n) is 6.73. The van der Waals surface area contributed by atoms with Crippen LogP contribution in [-0.2, 0) is 20.0 Å². The third kappa shape index (κ3) is 4.12. The fourth-order valence-electron chi connectivity index (χ4n) is 4.76. The fourth-order valence-corrected chi connectivity index (χ4v) is 7.65. The van der Waals surface area contributed by atoms with Crippen LogP contribution < -0.4 is 9.21 Å². The molecule has 0 spiro atoms. The fraction of sp³-hybridized carbons (Fsp3) is 0.231. The smallest absolute Gasteiger partial charge is 0.267 e. The average Bonchev–Trinajstić information content (AvgIpc) is 3.32. The average molecular weight is 536 g/mol. The van der Waals surface area contributed by atoms with E-state index in [-0.39, 0.29) is 22.3 Å². The third-order valence-corrected chi connectivity index (χ3v) is 10.4. The van der Waals surface area contributed by atoms with Crippen LogP contribution in [0.3, 0.4) is 0 Å². The van der Waals surface area contributed by atoms with Crippen LogP contribution in [0.15, 0.2) is 88.7 Å². The molecule has 6 rings (SSSR count). The summed E-state index contributed by atoms with van der Waals surface area (Å²) in [5.74, 6) is 0.623. The second-order valence-electron chi connectivity index (χ2n) is 9.05. The standard InChI is InChI=1S/C26H25N5O4S2/c32-36(33,29-17-7-2-8-18-29)22-15-13-20(14-16-22)30-19-31(37(34,35)21-9-3-1-4-10-21)26-25(30)27-23-11-5-6-12-24(23)28-26/h1,3-6,9-16H,2,7-8,17-19H2. The number of para-hydroxylation sites is 2. The molecule has 1 fully saturated rings. The molecule has 2 aliphatic rings. The molecule has 3 heterocycles. The molecule has 0 N–H and O–H groups in total. The van der Waals surface area contributed by atoms with Gasteiger partial charge in [-0.25, -0.2) is 31.1 Å². The Labute approximate surface area is 216 Å². The van der Waals surface area contributed by atoms with Gasteiger partial charge in [-0.2, -0.15) is 4.31 Å². The Bertz CT molecular complexity index is 1670. The van der Waals surface area contributed by atoms with Crippen LogP contribution in [0, 0.1) is 0 Å². The Hall–Kier alpha value is -3.54. The molecule has 0 saturated carbocycles. The highest BCUT2D eigenvalue weighted by Gasteiger charge is 2.39. The number of nitrogens with zero attached hydrogens (tertiary/aromatic N) is 5. The van der Waals surface area contributed by atoms with Gasteiger partial charge in [-0.1, -0.05) is 36.8 Å². The molecule has 3 aromatic carbocycles. The first kappa shape index (κ1) is 23.8. The van der Waals surface area contributed by atoms with Crippen LogP contribution in [0.2, 0.25) is 0 Å². The van der Waals surface area contributed by atoms with Crippen LogP contribution in [0.1, 0.15) is 19.3 Å². The van der Waals surface area contributed by atoms with E-state index in [9.17, 15) is 16.8 Å². The molecule has 2 aliphatic heterocycles. The van der Waals surface area contributed by atoms with Crippen molar-refractivity contribution in [1.82, 2.24) is 14.3 Å². The monoisotopic (exact) mass is 535 g/mol. The Kier molecular flexibility index (Phi) is 5.85. The number of hydrogen-bond acceptors (Lipinski definition) is 7. The van der Waals surface area contributed by atoms with Crippen molar-refractivity contribution >= 4 is 48.4 Å². The number of fused-ring (bicyclic) bond motifs is 2. The Morgan fingerprint density at radius 2 is 1.16 bits per heavy atom. The molecule has 9 nitrogen and oxygen atoms in total. The van der Waals surface area contributed by atoms with Crippen molar-refractivity contribution < 1.29 is 16.8 Å². The van der Waals surface area contributed by atoms with Crippen molar-refractivity contribution in [3.8, 4) is 0 Å². The Morgan fingerprint density at radius 1 is 0.595 bits per heavy atom. The van der Waals surface area contributed by atoms with E-state index in [1.807, 2.05) is 18.2 Å². The largest absolute Gasteiger partial charge is 0.304 e. The number of anilines is 3. The summed E-state index contributed by atoms with van der Waals surface area (Å²) < 4.78 is 56.2. The van der Waals surface area contributed by atoms with Gasteiger partial charge in [0.2, 0.25) is 10.0 Å². The molecule has 0 aliphatic carbocycles. The number of aromatic nitrogens is 2. The van der Waals surface area contributed by atoms with E-state index in [2.05, 4.69) is 4.98 Å². The SMILES string of the molecule is O=S(=O)(c1ccc(N2CN(S(=O)(=O)c3ccccc3)c3nc4ccccc4nc32)cc1)N1CCCCC1. The second kappa shape index (κ2) is 9.09. The van der Waals surface area contributed by atoms with Crippen LogP contribution in [0.25, 0.3) is 11.0 Å². The summed E-state index contributed by atoms with van der Waals surface area (Å²) in [5, 5.41) is 0. The predicted octanol–water partition coefficient (Wildman–Crippen LogP) is 4.11. The summed E-state index contributed by atoms with van der Waals surface area (Å²) in [6.45, 7) is 1.01. The summed E-state index contributed by atoms with van der Waals surface area (Å²) >= 11 is 0. The van der Waals surface area contributed by atoms with Gasteiger partial charge in [0.15, 0.2) is 11.6 Å². The molecule has 37 heavy (non-hydrogen) atoms. The lowest BCUT2D eigenvalue weighted by Crippen LogP contribution is -2.35. The first-order valence-electron chi connectivity index (χ1n) is 12.1. The number of sulfonamides is 2. The van der Waals surface area contributed by atoms with Crippen LogP contribution in [-0.4, -0.2) is 50.9 Å². The highest BCUT2D eigenvalue weighted by atomic mass is 32.2. The van der Waals surface area contributed by atoms with Crippen molar-refractivity contribution in [3.05, 3.63) is 78.9 Å². The molecule has 0 atom stereocenters. The summed E-state index contributed by atoms with van der Waals surface area (Å²) in [6, 6.07) is 22.0. The van der Waals surface area contributed by atoms with Gasteiger partial charge in [0.25, 0.3) is 10.0 Å². The topological polar surface area (TPSA) is 104 Å². The molecule has 0 bridgehead atoms. The lowest BCUT2D eigenvalue weighted by atomic mass is 10.2. The van der Waals surface area contributed by atoms with E-state index in [0.29, 0.717) is 35.6 Å². The highest BCUT2D eigenvalue weighted by molar-refractivity contribution is 7.92. The zero-order chi connectivity index (χ0) is 25.6. The molecule has 0 unspecified atom stereocenters. The van der Waals surface area contributed by atoms with Crippen LogP contribution >= 0.6 is 0 Å². The van der Waals surface area contributed by atoms with E-state index in [0.717, 1.165) is 19.3 Å². The zero-order valence-electron chi connectivity index (χ0n) is 19.9. The van der Waals surface area contributed by atoms with E-state index in [1.165, 1.54) is 8.61 Å². The summed E-state index contributed by atoms with van der Waals surface area (Å²) in [5.41, 5.74) is 1.84. The lowest BCUT2D eigenvalue weighted by Gasteiger charge is -2.26. The first-order chi connectivity index (χ1) is 17.9. The van der Waals surface area contributed by atoms with E-state index >= 15 is 0 Å². The molecule has 190 valence electrons. The maximum Gasteiger partial charge on any atom is 0.267 e. The quantitative estimate of drug-likeness (QED) is 0.379. The highest BCUT2D eigenvalue weighted by Crippen LogP contribution is 2.41. The van der Waals surface area contributed by atoms with E-state index < -0.39 is 20.0 Å². The zero-order valence-corrected chi connectivity index (χ0v) is 21.6. The van der Waals surface area contributed by atoms with Gasteiger partial charge in [-0.05, 0) is 61.4 Å². The van der Waals surface area contributed by atoms with Gasteiger partial charge in [0, 0.05) is 18.8 Å². The van der Waals surface area contributed by atoms with Crippen molar-refractivity contribution in [2.24, 2.45) is 0 Å². The normalized spacial score (nSPS) is 16.8. The van der Waals surface area contributed by atoms with Gasteiger partial charge in [0.05, 0.1) is 20.8 Å². The van der Waals surface area contributed by atoms with Crippen LogP contribution in [0.5, 0.6) is 0 Å². The molecular formula is C26H25N5O4S2. The summed E-state index contributed by atoms with van der Waals surface area (Å²) in [6.07, 6.45) is 2.76. The molecule has 1 saturated heterocycles. The minimum atomic E-state index is -3.92. The van der Waals surface area contributed by atoms with Gasteiger partial charge in [0.1, 0.15) is 6.67 Å². The second-order valence-corrected chi connectivity index (χ2v) is 12.9. The van der Waals surface area contributed by atoms with Crippen molar-refractivity contribution in [3.63, 3.8) is 0 Å². The molecule has 1 aromatic heterocycles. The Balaban J connectivity index is 1.41. The summed E-state index contributed by atoms with van der Waals surface area (Å²) in [4.78, 5) is 11.5. The molecular weight excluding hydrogens is 510 g/mol.